The lowest BCUT2D eigenvalue weighted by Crippen LogP contribution is -1.97. The topological polar surface area (TPSA) is 58.7 Å². The Morgan fingerprint density at radius 3 is 2.27 bits per heavy atom. The minimum atomic E-state index is -0.386. The molecule has 1 aromatic rings. The molecular weight excluding hydrogens is 212 g/mol. The van der Waals surface area contributed by atoms with E-state index >= 15 is 0 Å². The first-order valence-corrected chi connectivity index (χ1v) is 4.70. The third kappa shape index (κ3) is 2.21. The van der Waals surface area contributed by atoms with Crippen LogP contribution in [0.4, 0.5) is 0 Å². The summed E-state index contributed by atoms with van der Waals surface area (Å²) in [4.78, 5) is 0. The van der Waals surface area contributed by atoms with Crippen molar-refractivity contribution in [1.82, 2.24) is 0 Å². The molecule has 0 fully saturated rings. The third-order valence-electron chi connectivity index (χ3n) is 1.92. The van der Waals surface area contributed by atoms with Crippen LogP contribution in [-0.4, -0.2) is 12.2 Å². The van der Waals surface area contributed by atoms with Gasteiger partial charge >= 0.3 is 0 Å². The largest absolute Gasteiger partial charge is 0.497 e. The Hall–Kier alpha value is -1.69. The van der Waals surface area contributed by atoms with Crippen molar-refractivity contribution < 1.29 is 4.74 Å². The molecule has 1 aromatic carbocycles. The summed E-state index contributed by atoms with van der Waals surface area (Å²) in [6, 6.07) is 7.42. The summed E-state index contributed by atoms with van der Waals surface area (Å²) in [7, 11) is 1.62. The van der Waals surface area contributed by atoms with Crippen LogP contribution in [-0.2, 0) is 0 Å². The third-order valence-corrected chi connectivity index (χ3v) is 2.08. The summed E-state index contributed by atoms with van der Waals surface area (Å²) in [6.07, 6.45) is -0.386. The Kier molecular flexibility index (Phi) is 2.77. The molecule has 0 saturated heterocycles. The van der Waals surface area contributed by atoms with E-state index in [-0.39, 0.29) is 11.3 Å². The smallest absolute Gasteiger partial charge is 0.259 e. The van der Waals surface area contributed by atoms with Crippen LogP contribution in [0, 0.1) is 0 Å². The van der Waals surface area contributed by atoms with E-state index in [0.717, 1.165) is 11.3 Å². The van der Waals surface area contributed by atoms with Gasteiger partial charge in [-0.2, -0.15) is 10.2 Å². The molecule has 0 unspecified atom stereocenters. The summed E-state index contributed by atoms with van der Waals surface area (Å²) in [5.41, 5.74) is 0.908. The van der Waals surface area contributed by atoms with Crippen LogP contribution in [0.5, 0.6) is 5.75 Å². The fourth-order valence-electron chi connectivity index (χ4n) is 1.16. The molecule has 6 heteroatoms. The minimum Gasteiger partial charge on any atom is -0.497 e. The molecule has 76 valence electrons. The second-order valence-electron chi connectivity index (χ2n) is 2.86. The van der Waals surface area contributed by atoms with Crippen molar-refractivity contribution in [3.63, 3.8) is 0 Å². The van der Waals surface area contributed by atoms with E-state index in [1.807, 2.05) is 24.3 Å². The monoisotopic (exact) mass is 220 g/mol. The molecule has 1 heterocycles. The molecule has 0 atom stereocenters. The average Bonchev–Trinajstić information content (AvgIpc) is 2.30. The minimum absolute atomic E-state index is 0.166. The van der Waals surface area contributed by atoms with E-state index in [1.165, 1.54) is 0 Å². The molecule has 0 spiro atoms. The molecule has 5 nitrogen and oxygen atoms in total. The zero-order valence-corrected chi connectivity index (χ0v) is 8.81. The lowest BCUT2D eigenvalue weighted by molar-refractivity contribution is 0.414. The van der Waals surface area contributed by atoms with Gasteiger partial charge in [0.15, 0.2) is 0 Å². The zero-order chi connectivity index (χ0) is 10.7. The van der Waals surface area contributed by atoms with Crippen LogP contribution < -0.4 is 4.74 Å². The molecule has 0 aromatic heterocycles. The van der Waals surface area contributed by atoms with Crippen LogP contribution in [0.2, 0.25) is 0 Å². The highest BCUT2D eigenvalue weighted by atomic mass is 32.1. The van der Waals surface area contributed by atoms with Gasteiger partial charge in [-0.1, -0.05) is 12.1 Å². The van der Waals surface area contributed by atoms with Gasteiger partial charge in [0.25, 0.3) is 5.11 Å². The molecule has 0 saturated carbocycles. The number of hydrogen-bond donors (Lipinski definition) is 0. The molecule has 0 bridgehead atoms. The predicted molar refractivity (Wildman–Crippen MR) is 58.0 cm³/mol. The van der Waals surface area contributed by atoms with Crippen LogP contribution >= 0.6 is 12.2 Å². The Morgan fingerprint density at radius 2 is 1.73 bits per heavy atom. The van der Waals surface area contributed by atoms with Gasteiger partial charge in [-0.05, 0) is 24.4 Å². The SMILES string of the molecule is COc1ccc(C2N=NC(=S)N=N2)cc1. The van der Waals surface area contributed by atoms with Crippen molar-refractivity contribution in [1.29, 1.82) is 0 Å². The highest BCUT2D eigenvalue weighted by Crippen LogP contribution is 2.24. The van der Waals surface area contributed by atoms with E-state index in [0.29, 0.717) is 0 Å². The van der Waals surface area contributed by atoms with Crippen LogP contribution in [0.25, 0.3) is 0 Å². The highest BCUT2D eigenvalue weighted by Gasteiger charge is 2.12. The highest BCUT2D eigenvalue weighted by molar-refractivity contribution is 7.80. The Bertz CT molecular complexity index is 410. The van der Waals surface area contributed by atoms with E-state index < -0.39 is 0 Å². The summed E-state index contributed by atoms with van der Waals surface area (Å²) in [5, 5.41) is 15.4. The van der Waals surface area contributed by atoms with Crippen molar-refractivity contribution in [2.24, 2.45) is 20.5 Å². The summed E-state index contributed by atoms with van der Waals surface area (Å²) >= 11 is 4.71. The van der Waals surface area contributed by atoms with Gasteiger partial charge in [-0.25, -0.2) is 0 Å². The molecular formula is C9H8N4OS. The van der Waals surface area contributed by atoms with Gasteiger partial charge in [0, 0.05) is 5.56 Å². The molecule has 1 aliphatic rings. The van der Waals surface area contributed by atoms with Crippen LogP contribution in [0.3, 0.4) is 0 Å². The standard InChI is InChI=1S/C9H8N4OS/c1-14-7-4-2-6(3-5-7)8-10-12-9(15)13-11-8/h2-5,8H,1H3. The maximum Gasteiger partial charge on any atom is 0.259 e. The average molecular weight is 220 g/mol. The van der Waals surface area contributed by atoms with Crippen molar-refractivity contribution in [3.8, 4) is 5.75 Å². The molecule has 15 heavy (non-hydrogen) atoms. The zero-order valence-electron chi connectivity index (χ0n) is 7.99. The van der Waals surface area contributed by atoms with E-state index in [4.69, 9.17) is 17.0 Å². The van der Waals surface area contributed by atoms with Gasteiger partial charge in [-0.3, -0.25) is 0 Å². The second-order valence-corrected chi connectivity index (χ2v) is 3.23. The van der Waals surface area contributed by atoms with Gasteiger partial charge in [0.1, 0.15) is 5.75 Å². The van der Waals surface area contributed by atoms with E-state index in [9.17, 15) is 0 Å². The molecule has 0 radical (unpaired) electrons. The summed E-state index contributed by atoms with van der Waals surface area (Å²) in [5.74, 6) is 0.791. The normalized spacial score (nSPS) is 15.7. The van der Waals surface area contributed by atoms with Crippen molar-refractivity contribution in [2.45, 2.75) is 6.17 Å². The molecule has 0 N–H and O–H groups in total. The van der Waals surface area contributed by atoms with Gasteiger partial charge < -0.3 is 4.74 Å². The van der Waals surface area contributed by atoms with Crippen LogP contribution in [0.1, 0.15) is 11.7 Å². The van der Waals surface area contributed by atoms with Crippen molar-refractivity contribution >= 4 is 17.3 Å². The maximum absolute atomic E-state index is 5.04. The lowest BCUT2D eigenvalue weighted by Gasteiger charge is -2.08. The van der Waals surface area contributed by atoms with Crippen LogP contribution in [0.15, 0.2) is 44.7 Å². The first-order valence-electron chi connectivity index (χ1n) is 4.29. The predicted octanol–water partition coefficient (Wildman–Crippen LogP) is 2.90. The number of methoxy groups -OCH3 is 1. The summed E-state index contributed by atoms with van der Waals surface area (Å²) < 4.78 is 5.04. The fourth-order valence-corrected chi connectivity index (χ4v) is 1.25. The van der Waals surface area contributed by atoms with Gasteiger partial charge in [0.2, 0.25) is 6.17 Å². The Balaban J connectivity index is 2.20. The van der Waals surface area contributed by atoms with Crippen molar-refractivity contribution in [2.75, 3.05) is 7.11 Å². The van der Waals surface area contributed by atoms with Gasteiger partial charge in [-0.15, -0.1) is 10.2 Å². The van der Waals surface area contributed by atoms with Gasteiger partial charge in [0.05, 0.1) is 7.11 Å². The number of rotatable bonds is 2. The molecule has 1 aliphatic heterocycles. The lowest BCUT2D eigenvalue weighted by atomic mass is 10.2. The Morgan fingerprint density at radius 1 is 1.13 bits per heavy atom. The van der Waals surface area contributed by atoms with E-state index in [1.54, 1.807) is 7.11 Å². The fraction of sp³-hybridized carbons (Fsp3) is 0.222. The Labute approximate surface area is 91.9 Å². The number of thiocarbonyl (C=S) groups is 1. The number of azo groups is 2. The van der Waals surface area contributed by atoms with E-state index in [2.05, 4.69) is 20.5 Å². The first kappa shape index (κ1) is 9.85. The number of benzene rings is 1. The maximum atomic E-state index is 5.04. The second kappa shape index (κ2) is 4.22. The molecule has 2 rings (SSSR count). The molecule has 0 aliphatic carbocycles. The number of ether oxygens (including phenoxy) is 1. The number of nitrogens with zero attached hydrogens (tertiary/aromatic N) is 4. The summed E-state index contributed by atoms with van der Waals surface area (Å²) in [6.45, 7) is 0. The quantitative estimate of drug-likeness (QED) is 0.719. The number of hydrogen-bond acceptors (Lipinski definition) is 4. The molecule has 0 amide bonds. The van der Waals surface area contributed by atoms with Crippen molar-refractivity contribution in [3.05, 3.63) is 29.8 Å². The first-order chi connectivity index (χ1) is 7.29.